The highest BCUT2D eigenvalue weighted by molar-refractivity contribution is 8.00. The van der Waals surface area contributed by atoms with Crippen molar-refractivity contribution in [3.05, 3.63) is 176 Å². The Bertz CT molecular complexity index is 2960. The summed E-state index contributed by atoms with van der Waals surface area (Å²) in [5, 5.41) is 6.03. The highest BCUT2D eigenvalue weighted by atomic mass is 32.2. The first-order valence-electron chi connectivity index (χ1n) is 20.2. The Morgan fingerprint density at radius 2 is 0.847 bits per heavy atom. The van der Waals surface area contributed by atoms with Gasteiger partial charge in [-0.25, -0.2) is 0 Å². The fourth-order valence-corrected chi connectivity index (χ4v) is 20.2. The van der Waals surface area contributed by atoms with Crippen LogP contribution in [-0.2, 0) is 0 Å². The zero-order valence-electron chi connectivity index (χ0n) is 33.3. The molecular weight excluding hydrogens is 791 g/mol. The van der Waals surface area contributed by atoms with Crippen LogP contribution in [0.1, 0.15) is 0 Å². The van der Waals surface area contributed by atoms with E-state index in [1.807, 2.05) is 59.9 Å². The molecule has 59 heavy (non-hydrogen) atoms. The van der Waals surface area contributed by atoms with Crippen molar-refractivity contribution in [3.8, 4) is 45.3 Å². The Morgan fingerprint density at radius 1 is 0.390 bits per heavy atom. The van der Waals surface area contributed by atoms with Crippen molar-refractivity contribution in [1.82, 2.24) is 0 Å². The van der Waals surface area contributed by atoms with Crippen molar-refractivity contribution in [3.63, 3.8) is 0 Å². The van der Waals surface area contributed by atoms with Crippen molar-refractivity contribution in [2.45, 2.75) is 45.8 Å². The van der Waals surface area contributed by atoms with Crippen LogP contribution in [0.2, 0.25) is 26.2 Å². The summed E-state index contributed by atoms with van der Waals surface area (Å²) in [6, 6.07) is 64.1. The minimum Gasteiger partial charge on any atom is -0.449 e. The van der Waals surface area contributed by atoms with Gasteiger partial charge in [0, 0.05) is 36.5 Å². The standard InChI is InChI=1S/C52H41NO2S2Si2/c1-58(2)46-22-9-7-20-44(46)56-51-39(15-12-24-48(51)58)35-28-32-37(33-29-35)53(40-16-13-25-49-52(40)57-45-21-8-10-23-47(45)59(49,3)4)36-30-26-34(27-31-36)38-14-11-19-43-50(38)55-42-18-6-5-17-41(42)54-43/h5-33H,1-4H3. The summed E-state index contributed by atoms with van der Waals surface area (Å²) in [4.78, 5) is 7.97. The Morgan fingerprint density at radius 3 is 1.49 bits per heavy atom. The van der Waals surface area contributed by atoms with Gasteiger partial charge in [-0.15, -0.1) is 0 Å². The van der Waals surface area contributed by atoms with Gasteiger partial charge in [-0.1, -0.05) is 165 Å². The van der Waals surface area contributed by atoms with Gasteiger partial charge in [-0.2, -0.15) is 0 Å². The fraction of sp³-hybridized carbons (Fsp3) is 0.0769. The molecule has 3 aliphatic heterocycles. The zero-order chi connectivity index (χ0) is 39.9. The summed E-state index contributed by atoms with van der Waals surface area (Å²) in [7, 11) is -3.84. The molecule has 3 nitrogen and oxygen atoms in total. The van der Waals surface area contributed by atoms with Crippen molar-refractivity contribution in [1.29, 1.82) is 0 Å². The van der Waals surface area contributed by atoms with Gasteiger partial charge in [-0.05, 0) is 98.1 Å². The van der Waals surface area contributed by atoms with Crippen LogP contribution in [0.4, 0.5) is 17.1 Å². The minimum absolute atomic E-state index is 0.722. The van der Waals surface area contributed by atoms with Gasteiger partial charge in [0.2, 0.25) is 0 Å². The van der Waals surface area contributed by atoms with E-state index in [1.165, 1.54) is 57.1 Å². The summed E-state index contributed by atoms with van der Waals surface area (Å²) in [5.74, 6) is 2.92. The van der Waals surface area contributed by atoms with Crippen LogP contribution in [0.15, 0.2) is 196 Å². The number of rotatable bonds is 5. The number of fused-ring (bicyclic) bond motifs is 6. The Hall–Kier alpha value is -5.71. The third kappa shape index (κ3) is 5.93. The molecule has 0 bridgehead atoms. The minimum atomic E-state index is -1.98. The molecule has 0 radical (unpaired) electrons. The van der Waals surface area contributed by atoms with Crippen molar-refractivity contribution < 1.29 is 9.47 Å². The number of hydrogen-bond donors (Lipinski definition) is 0. The lowest BCUT2D eigenvalue weighted by Crippen LogP contribution is -2.56. The van der Waals surface area contributed by atoms with E-state index in [1.54, 1.807) is 0 Å². The van der Waals surface area contributed by atoms with Crippen LogP contribution < -0.4 is 35.1 Å². The van der Waals surface area contributed by atoms with Crippen LogP contribution >= 0.6 is 23.5 Å². The molecule has 3 heterocycles. The average Bonchev–Trinajstić information content (AvgIpc) is 3.26. The van der Waals surface area contributed by atoms with Gasteiger partial charge in [0.05, 0.1) is 5.69 Å². The smallest absolute Gasteiger partial charge is 0.177 e. The lowest BCUT2D eigenvalue weighted by atomic mass is 10.0. The summed E-state index contributed by atoms with van der Waals surface area (Å²) >= 11 is 3.85. The van der Waals surface area contributed by atoms with Gasteiger partial charge in [0.25, 0.3) is 0 Å². The largest absolute Gasteiger partial charge is 0.449 e. The first kappa shape index (κ1) is 36.4. The van der Waals surface area contributed by atoms with E-state index >= 15 is 0 Å². The zero-order valence-corrected chi connectivity index (χ0v) is 37.0. The van der Waals surface area contributed by atoms with E-state index in [0.717, 1.165) is 45.5 Å². The molecule has 0 aromatic heterocycles. The molecule has 8 aromatic rings. The number of ether oxygens (including phenoxy) is 2. The third-order valence-corrected chi connectivity index (χ3v) is 22.5. The van der Waals surface area contributed by atoms with E-state index in [2.05, 4.69) is 171 Å². The molecule has 0 unspecified atom stereocenters. The highest BCUT2D eigenvalue weighted by Gasteiger charge is 2.38. The van der Waals surface area contributed by atoms with E-state index < -0.39 is 16.1 Å². The van der Waals surface area contributed by atoms with Gasteiger partial charge in [0.1, 0.15) is 16.1 Å². The number of hydrogen-bond acceptors (Lipinski definition) is 5. The molecular formula is C52H41NO2S2Si2. The van der Waals surface area contributed by atoms with Gasteiger partial charge in [0.15, 0.2) is 23.0 Å². The summed E-state index contributed by atoms with van der Waals surface area (Å²) in [6.07, 6.45) is 0. The molecule has 7 heteroatoms. The van der Waals surface area contributed by atoms with Gasteiger partial charge >= 0.3 is 0 Å². The molecule has 0 spiro atoms. The fourth-order valence-electron chi connectivity index (χ4n) is 9.10. The summed E-state index contributed by atoms with van der Waals surface area (Å²) in [5.41, 5.74) is 8.02. The van der Waals surface area contributed by atoms with Crippen LogP contribution in [0, 0.1) is 0 Å². The topological polar surface area (TPSA) is 21.7 Å². The number of benzene rings is 8. The van der Waals surface area contributed by atoms with Gasteiger partial charge < -0.3 is 14.4 Å². The molecule has 0 saturated heterocycles. The maximum atomic E-state index is 6.47. The van der Waals surface area contributed by atoms with E-state index in [-0.39, 0.29) is 0 Å². The molecule has 0 saturated carbocycles. The average molecular weight is 832 g/mol. The first-order chi connectivity index (χ1) is 28.8. The molecule has 11 rings (SSSR count). The first-order valence-corrected chi connectivity index (χ1v) is 27.8. The number of nitrogens with zero attached hydrogens (tertiary/aromatic N) is 1. The Labute approximate surface area is 356 Å². The van der Waals surface area contributed by atoms with Crippen molar-refractivity contribution >= 4 is 77.5 Å². The van der Waals surface area contributed by atoms with E-state index in [4.69, 9.17) is 9.47 Å². The van der Waals surface area contributed by atoms with Crippen LogP contribution in [0.5, 0.6) is 23.0 Å². The molecule has 0 amide bonds. The molecule has 0 fully saturated rings. The molecule has 286 valence electrons. The second-order valence-corrected chi connectivity index (χ2v) is 27.3. The molecule has 3 aliphatic rings. The Balaban J connectivity index is 1.02. The lowest BCUT2D eigenvalue weighted by Gasteiger charge is -2.36. The SMILES string of the molecule is C[Si]1(C)c2ccccc2Sc2c(-c3ccc(N(c4ccc(-c5cccc6c5Oc5ccccc5O6)cc4)c4cccc5c4Sc4ccccc4[Si]5(C)C)cc3)cccc21. The summed E-state index contributed by atoms with van der Waals surface area (Å²) in [6.45, 7) is 9.98. The van der Waals surface area contributed by atoms with Crippen molar-refractivity contribution in [2.24, 2.45) is 0 Å². The molecule has 0 N–H and O–H groups in total. The lowest BCUT2D eigenvalue weighted by molar-refractivity contribution is 0.361. The predicted octanol–water partition coefficient (Wildman–Crippen LogP) is 13.0. The van der Waals surface area contributed by atoms with Crippen LogP contribution in [0.25, 0.3) is 22.3 Å². The maximum Gasteiger partial charge on any atom is 0.177 e. The maximum absolute atomic E-state index is 6.47. The Kier molecular flexibility index (Phi) is 8.60. The molecule has 0 atom stereocenters. The van der Waals surface area contributed by atoms with E-state index in [0.29, 0.717) is 0 Å². The monoisotopic (exact) mass is 831 g/mol. The van der Waals surface area contributed by atoms with Crippen LogP contribution in [0.3, 0.4) is 0 Å². The summed E-state index contributed by atoms with van der Waals surface area (Å²) < 4.78 is 12.7. The second-order valence-electron chi connectivity index (χ2n) is 16.5. The van der Waals surface area contributed by atoms with Gasteiger partial charge in [-0.3, -0.25) is 0 Å². The molecule has 0 aliphatic carbocycles. The quantitative estimate of drug-likeness (QED) is 0.161. The number of anilines is 3. The van der Waals surface area contributed by atoms with Crippen molar-refractivity contribution in [2.75, 3.05) is 4.90 Å². The number of para-hydroxylation sites is 3. The van der Waals surface area contributed by atoms with E-state index in [9.17, 15) is 0 Å². The molecule has 8 aromatic carbocycles. The predicted molar refractivity (Wildman–Crippen MR) is 253 cm³/mol. The second kappa shape index (κ2) is 14.0. The van der Waals surface area contributed by atoms with Crippen LogP contribution in [-0.4, -0.2) is 16.1 Å². The normalized spacial score (nSPS) is 14.8. The third-order valence-electron chi connectivity index (χ3n) is 12.3. The highest BCUT2D eigenvalue weighted by Crippen LogP contribution is 2.50.